The molecule has 2 rings (SSSR count). The Hall–Kier alpha value is -1.30. The maximum absolute atomic E-state index is 10.4. The number of hydrogen-bond acceptors (Lipinski definition) is 5. The summed E-state index contributed by atoms with van der Waals surface area (Å²) in [7, 11) is 0. The Morgan fingerprint density at radius 1 is 1.35 bits per heavy atom. The molecule has 0 aromatic heterocycles. The second kappa shape index (κ2) is 7.47. The summed E-state index contributed by atoms with van der Waals surface area (Å²) in [5, 5.41) is 23.1. The summed E-state index contributed by atoms with van der Waals surface area (Å²) in [5.74, 6) is 0.717. The topological polar surface area (TPSA) is 65.0 Å². The number of phenols is 1. The van der Waals surface area contributed by atoms with Crippen LogP contribution in [0.2, 0.25) is 0 Å². The minimum Gasteiger partial charge on any atom is -0.504 e. The van der Waals surface area contributed by atoms with Gasteiger partial charge in [0, 0.05) is 44.4 Å². The maximum Gasteiger partial charge on any atom is 0.162 e. The van der Waals surface area contributed by atoms with E-state index in [1.807, 2.05) is 19.1 Å². The highest BCUT2D eigenvalue weighted by Gasteiger charge is 2.25. The van der Waals surface area contributed by atoms with Gasteiger partial charge >= 0.3 is 0 Å². The van der Waals surface area contributed by atoms with E-state index in [1.165, 1.54) is 0 Å². The lowest BCUT2D eigenvalue weighted by molar-refractivity contribution is 0.138. The van der Waals surface area contributed by atoms with E-state index in [0.717, 1.165) is 31.7 Å². The first kappa shape index (κ1) is 15.1. The first-order valence-electron chi connectivity index (χ1n) is 7.28. The first-order valence-corrected chi connectivity index (χ1v) is 7.28. The molecular formula is C15H24N2O3. The number of aromatic hydroxyl groups is 1. The highest BCUT2D eigenvalue weighted by Crippen LogP contribution is 2.37. The number of rotatable bonds is 6. The summed E-state index contributed by atoms with van der Waals surface area (Å²) in [6.45, 7) is 6.24. The number of aliphatic hydroxyl groups is 1. The van der Waals surface area contributed by atoms with Crippen molar-refractivity contribution in [2.45, 2.75) is 19.4 Å². The van der Waals surface area contributed by atoms with Crippen LogP contribution in [-0.2, 0) is 0 Å². The molecule has 0 spiro atoms. The zero-order valence-electron chi connectivity index (χ0n) is 12.0. The summed E-state index contributed by atoms with van der Waals surface area (Å²) in [6.07, 6.45) is 0.614. The van der Waals surface area contributed by atoms with E-state index in [0.29, 0.717) is 18.8 Å². The fourth-order valence-corrected chi connectivity index (χ4v) is 2.73. The molecule has 1 saturated heterocycles. The largest absolute Gasteiger partial charge is 0.504 e. The molecule has 0 amide bonds. The molecule has 0 bridgehead atoms. The van der Waals surface area contributed by atoms with Gasteiger partial charge in [-0.3, -0.25) is 4.90 Å². The fourth-order valence-electron chi connectivity index (χ4n) is 2.73. The molecule has 1 aromatic carbocycles. The smallest absolute Gasteiger partial charge is 0.162 e. The van der Waals surface area contributed by atoms with Gasteiger partial charge in [-0.1, -0.05) is 12.1 Å². The minimum atomic E-state index is 0.0301. The molecule has 20 heavy (non-hydrogen) atoms. The van der Waals surface area contributed by atoms with E-state index in [1.54, 1.807) is 6.07 Å². The zero-order valence-corrected chi connectivity index (χ0v) is 12.0. The van der Waals surface area contributed by atoms with Gasteiger partial charge < -0.3 is 20.3 Å². The molecule has 1 fully saturated rings. The van der Waals surface area contributed by atoms with Crippen LogP contribution in [0.1, 0.15) is 24.9 Å². The van der Waals surface area contributed by atoms with Gasteiger partial charge in [0.1, 0.15) is 0 Å². The Kier molecular flexibility index (Phi) is 5.64. The number of nitrogens with zero attached hydrogens (tertiary/aromatic N) is 1. The lowest BCUT2D eigenvalue weighted by Gasteiger charge is -2.35. The summed E-state index contributed by atoms with van der Waals surface area (Å²) in [6, 6.07) is 5.62. The van der Waals surface area contributed by atoms with Crippen molar-refractivity contribution in [3.63, 3.8) is 0 Å². The number of aliphatic hydroxyl groups excluding tert-OH is 1. The maximum atomic E-state index is 10.4. The van der Waals surface area contributed by atoms with Gasteiger partial charge in [-0.05, 0) is 19.4 Å². The van der Waals surface area contributed by atoms with Crippen LogP contribution in [-0.4, -0.2) is 54.5 Å². The van der Waals surface area contributed by atoms with Crippen molar-refractivity contribution < 1.29 is 14.9 Å². The number of phenolic OH excluding ortho intramolecular Hbond substituents is 1. The zero-order chi connectivity index (χ0) is 14.4. The average molecular weight is 280 g/mol. The normalized spacial score (nSPS) is 17.9. The van der Waals surface area contributed by atoms with Crippen LogP contribution < -0.4 is 10.1 Å². The second-order valence-corrected chi connectivity index (χ2v) is 4.94. The second-order valence-electron chi connectivity index (χ2n) is 4.94. The molecule has 5 nitrogen and oxygen atoms in total. The van der Waals surface area contributed by atoms with Gasteiger partial charge in [-0.25, -0.2) is 0 Å². The number of benzene rings is 1. The predicted molar refractivity (Wildman–Crippen MR) is 78.2 cm³/mol. The molecule has 1 heterocycles. The van der Waals surface area contributed by atoms with E-state index >= 15 is 0 Å². The number of hydrogen-bond donors (Lipinski definition) is 3. The van der Waals surface area contributed by atoms with Gasteiger partial charge in [-0.15, -0.1) is 0 Å². The Morgan fingerprint density at radius 3 is 2.75 bits per heavy atom. The summed E-state index contributed by atoms with van der Waals surface area (Å²) in [4.78, 5) is 2.30. The van der Waals surface area contributed by atoms with E-state index in [-0.39, 0.29) is 18.4 Å². The Balaban J connectivity index is 2.25. The third-order valence-electron chi connectivity index (χ3n) is 3.68. The van der Waals surface area contributed by atoms with Crippen LogP contribution in [0.25, 0.3) is 0 Å². The van der Waals surface area contributed by atoms with Crippen LogP contribution in [0.4, 0.5) is 0 Å². The molecule has 0 saturated carbocycles. The summed E-state index contributed by atoms with van der Waals surface area (Å²) < 4.78 is 5.45. The van der Waals surface area contributed by atoms with E-state index in [4.69, 9.17) is 4.74 Å². The van der Waals surface area contributed by atoms with E-state index in [9.17, 15) is 10.2 Å². The summed E-state index contributed by atoms with van der Waals surface area (Å²) in [5.41, 5.74) is 0.840. The molecule has 1 aliphatic rings. The molecule has 112 valence electrons. The van der Waals surface area contributed by atoms with Crippen molar-refractivity contribution in [2.75, 3.05) is 39.4 Å². The standard InChI is InChI=1S/C15H24N2O3/c1-2-20-14-5-3-4-12(15(14)19)13(6-11-18)17-9-7-16-8-10-17/h3-5,13,16,18-19H,2,6-11H2,1H3/t13-/m0/s1. The van der Waals surface area contributed by atoms with Crippen molar-refractivity contribution in [1.82, 2.24) is 10.2 Å². The molecule has 1 aromatic rings. The molecule has 0 unspecified atom stereocenters. The van der Waals surface area contributed by atoms with Crippen molar-refractivity contribution in [2.24, 2.45) is 0 Å². The minimum absolute atomic E-state index is 0.0301. The van der Waals surface area contributed by atoms with Gasteiger partial charge in [0.25, 0.3) is 0 Å². The predicted octanol–water partition coefficient (Wildman–Crippen LogP) is 1.12. The van der Waals surface area contributed by atoms with Crippen LogP contribution >= 0.6 is 0 Å². The first-order chi connectivity index (χ1) is 9.77. The lowest BCUT2D eigenvalue weighted by Crippen LogP contribution is -2.45. The van der Waals surface area contributed by atoms with Crippen molar-refractivity contribution >= 4 is 0 Å². The van der Waals surface area contributed by atoms with Gasteiger partial charge in [0.15, 0.2) is 11.5 Å². The highest BCUT2D eigenvalue weighted by atomic mass is 16.5. The molecular weight excluding hydrogens is 256 g/mol. The highest BCUT2D eigenvalue weighted by molar-refractivity contribution is 5.47. The Morgan fingerprint density at radius 2 is 2.10 bits per heavy atom. The quantitative estimate of drug-likeness (QED) is 0.729. The number of ether oxygens (including phenoxy) is 1. The SMILES string of the molecule is CCOc1cccc([C@H](CCO)N2CCNCC2)c1O. The van der Waals surface area contributed by atoms with Crippen LogP contribution in [0, 0.1) is 0 Å². The van der Waals surface area contributed by atoms with Crippen molar-refractivity contribution in [3.05, 3.63) is 23.8 Å². The van der Waals surface area contributed by atoms with E-state index < -0.39 is 0 Å². The van der Waals surface area contributed by atoms with Crippen molar-refractivity contribution in [1.29, 1.82) is 0 Å². The monoisotopic (exact) mass is 280 g/mol. The van der Waals surface area contributed by atoms with Crippen molar-refractivity contribution in [3.8, 4) is 11.5 Å². The molecule has 5 heteroatoms. The number of piperazine rings is 1. The fraction of sp³-hybridized carbons (Fsp3) is 0.600. The number of para-hydroxylation sites is 1. The third-order valence-corrected chi connectivity index (χ3v) is 3.68. The van der Waals surface area contributed by atoms with Gasteiger partial charge in [0.05, 0.1) is 6.61 Å². The third kappa shape index (κ3) is 3.42. The van der Waals surface area contributed by atoms with E-state index in [2.05, 4.69) is 10.2 Å². The summed E-state index contributed by atoms with van der Waals surface area (Å²) >= 11 is 0. The van der Waals surface area contributed by atoms with Crippen LogP contribution in [0.5, 0.6) is 11.5 Å². The molecule has 0 aliphatic carbocycles. The molecule has 1 aliphatic heterocycles. The van der Waals surface area contributed by atoms with Crippen LogP contribution in [0.3, 0.4) is 0 Å². The lowest BCUT2D eigenvalue weighted by atomic mass is 10.00. The number of nitrogens with one attached hydrogen (secondary N) is 1. The Bertz CT molecular complexity index is 420. The average Bonchev–Trinajstić information content (AvgIpc) is 2.49. The van der Waals surface area contributed by atoms with Gasteiger partial charge in [0.2, 0.25) is 0 Å². The molecule has 0 radical (unpaired) electrons. The molecule has 1 atom stereocenters. The van der Waals surface area contributed by atoms with Gasteiger partial charge in [-0.2, -0.15) is 0 Å². The Labute approximate surface area is 120 Å². The molecule has 3 N–H and O–H groups in total. The van der Waals surface area contributed by atoms with Crippen LogP contribution in [0.15, 0.2) is 18.2 Å².